The van der Waals surface area contributed by atoms with Gasteiger partial charge in [-0.05, 0) is 26.3 Å². The smallest absolute Gasteiger partial charge is 0.327 e. The zero-order valence-electron chi connectivity index (χ0n) is 7.29. The predicted octanol–water partition coefficient (Wildman–Crippen LogP) is 0.0835. The van der Waals surface area contributed by atoms with Gasteiger partial charge in [0.25, 0.3) is 0 Å². The lowest BCUT2D eigenvalue weighted by atomic mass is 10.0. The molecule has 0 spiro atoms. The van der Waals surface area contributed by atoms with Crippen molar-refractivity contribution in [2.75, 3.05) is 6.54 Å². The molecule has 1 atom stereocenters. The number of carboxylic acid groups (broad SMARTS) is 1. The summed E-state index contributed by atoms with van der Waals surface area (Å²) in [7, 11) is 0. The highest BCUT2D eigenvalue weighted by atomic mass is 16.4. The second-order valence-corrected chi connectivity index (χ2v) is 2.92. The standard InChI is InChI=1S/C8H16N2O2/c1-8(10,7(11)12)5-3-2-4-6-9/h3,5H,2,4,6,9-10H2,1H3,(H,11,12)/b5-3+. The highest BCUT2D eigenvalue weighted by molar-refractivity contribution is 5.80. The first-order valence-electron chi connectivity index (χ1n) is 3.90. The van der Waals surface area contributed by atoms with Gasteiger partial charge < -0.3 is 16.6 Å². The zero-order valence-corrected chi connectivity index (χ0v) is 7.29. The van der Waals surface area contributed by atoms with Gasteiger partial charge in [0.1, 0.15) is 5.54 Å². The summed E-state index contributed by atoms with van der Waals surface area (Å²) in [6.45, 7) is 2.06. The van der Waals surface area contributed by atoms with Gasteiger partial charge in [-0.1, -0.05) is 12.2 Å². The van der Waals surface area contributed by atoms with Gasteiger partial charge in [0.2, 0.25) is 0 Å². The van der Waals surface area contributed by atoms with Crippen LogP contribution in [0.2, 0.25) is 0 Å². The summed E-state index contributed by atoms with van der Waals surface area (Å²) in [6.07, 6.45) is 4.87. The molecule has 0 rings (SSSR count). The summed E-state index contributed by atoms with van der Waals surface area (Å²) < 4.78 is 0. The lowest BCUT2D eigenvalue weighted by Crippen LogP contribution is -2.42. The van der Waals surface area contributed by atoms with Crippen LogP contribution in [0.4, 0.5) is 0 Å². The maximum atomic E-state index is 10.5. The molecule has 0 aliphatic rings. The Morgan fingerprint density at radius 1 is 1.67 bits per heavy atom. The molecule has 0 fully saturated rings. The number of hydrogen-bond acceptors (Lipinski definition) is 3. The molecule has 0 aromatic rings. The minimum absolute atomic E-state index is 0.610. The molecular weight excluding hydrogens is 156 g/mol. The van der Waals surface area contributed by atoms with E-state index in [2.05, 4.69) is 0 Å². The molecule has 0 amide bonds. The fourth-order valence-corrected chi connectivity index (χ4v) is 0.635. The van der Waals surface area contributed by atoms with E-state index in [0.29, 0.717) is 6.54 Å². The molecule has 0 radical (unpaired) electrons. The number of unbranched alkanes of at least 4 members (excludes halogenated alkanes) is 1. The largest absolute Gasteiger partial charge is 0.480 e. The molecule has 0 aromatic carbocycles. The van der Waals surface area contributed by atoms with E-state index in [4.69, 9.17) is 16.6 Å². The third kappa shape index (κ3) is 4.10. The first-order chi connectivity index (χ1) is 5.50. The van der Waals surface area contributed by atoms with E-state index < -0.39 is 11.5 Å². The fraction of sp³-hybridized carbons (Fsp3) is 0.625. The number of nitrogens with two attached hydrogens (primary N) is 2. The number of hydrogen-bond donors (Lipinski definition) is 3. The van der Waals surface area contributed by atoms with Gasteiger partial charge in [-0.3, -0.25) is 0 Å². The van der Waals surface area contributed by atoms with E-state index in [0.717, 1.165) is 12.8 Å². The summed E-state index contributed by atoms with van der Waals surface area (Å²) in [5, 5.41) is 8.60. The van der Waals surface area contributed by atoms with Crippen LogP contribution in [0.25, 0.3) is 0 Å². The van der Waals surface area contributed by atoms with Gasteiger partial charge >= 0.3 is 5.97 Å². The lowest BCUT2D eigenvalue weighted by molar-refractivity contribution is -0.140. The molecular formula is C8H16N2O2. The van der Waals surface area contributed by atoms with Gasteiger partial charge in [-0.25, -0.2) is 4.79 Å². The van der Waals surface area contributed by atoms with Crippen LogP contribution in [-0.2, 0) is 4.79 Å². The van der Waals surface area contributed by atoms with Crippen LogP contribution in [0.5, 0.6) is 0 Å². The Hall–Kier alpha value is -0.870. The predicted molar refractivity (Wildman–Crippen MR) is 47.7 cm³/mol. The van der Waals surface area contributed by atoms with Gasteiger partial charge in [-0.2, -0.15) is 0 Å². The van der Waals surface area contributed by atoms with Crippen molar-refractivity contribution in [3.8, 4) is 0 Å². The second kappa shape index (κ2) is 4.90. The maximum Gasteiger partial charge on any atom is 0.327 e. The molecule has 0 aromatic heterocycles. The molecule has 0 heterocycles. The first kappa shape index (κ1) is 11.1. The lowest BCUT2D eigenvalue weighted by Gasteiger charge is -2.12. The summed E-state index contributed by atoms with van der Waals surface area (Å²) in [5.74, 6) is -1.02. The SMILES string of the molecule is CC(N)(/C=C/CCCN)C(=O)O. The molecule has 5 N–H and O–H groups in total. The summed E-state index contributed by atoms with van der Waals surface area (Å²) in [5.41, 5.74) is 9.43. The highest BCUT2D eigenvalue weighted by Crippen LogP contribution is 2.02. The van der Waals surface area contributed by atoms with E-state index in [1.165, 1.54) is 13.0 Å². The maximum absolute atomic E-state index is 10.5. The van der Waals surface area contributed by atoms with Crippen molar-refractivity contribution < 1.29 is 9.90 Å². The number of carbonyl (C=O) groups is 1. The van der Waals surface area contributed by atoms with Crippen LogP contribution in [0.1, 0.15) is 19.8 Å². The quantitative estimate of drug-likeness (QED) is 0.405. The Labute approximate surface area is 72.2 Å². The topological polar surface area (TPSA) is 89.3 Å². The van der Waals surface area contributed by atoms with Gasteiger partial charge in [0.15, 0.2) is 0 Å². The van der Waals surface area contributed by atoms with Crippen LogP contribution >= 0.6 is 0 Å². The Morgan fingerprint density at radius 2 is 2.25 bits per heavy atom. The molecule has 12 heavy (non-hydrogen) atoms. The van der Waals surface area contributed by atoms with Gasteiger partial charge in [0.05, 0.1) is 0 Å². The summed E-state index contributed by atoms with van der Waals surface area (Å²) in [6, 6.07) is 0. The normalized spacial score (nSPS) is 16.2. The van der Waals surface area contributed by atoms with Crippen LogP contribution in [0.3, 0.4) is 0 Å². The molecule has 0 saturated carbocycles. The third-order valence-corrected chi connectivity index (χ3v) is 1.50. The zero-order chi connectivity index (χ0) is 9.61. The molecule has 0 aliphatic carbocycles. The van der Waals surface area contributed by atoms with Gasteiger partial charge in [0, 0.05) is 0 Å². The van der Waals surface area contributed by atoms with E-state index in [9.17, 15) is 4.79 Å². The van der Waals surface area contributed by atoms with Crippen molar-refractivity contribution in [1.29, 1.82) is 0 Å². The summed E-state index contributed by atoms with van der Waals surface area (Å²) >= 11 is 0. The number of aliphatic carboxylic acids is 1. The van der Waals surface area contributed by atoms with Crippen LogP contribution in [0.15, 0.2) is 12.2 Å². The average Bonchev–Trinajstić information content (AvgIpc) is 1.98. The number of carboxylic acids is 1. The Kier molecular flexibility index (Phi) is 4.54. The minimum Gasteiger partial charge on any atom is -0.480 e. The Balaban J connectivity index is 3.88. The molecule has 1 unspecified atom stereocenters. The van der Waals surface area contributed by atoms with Crippen LogP contribution in [-0.4, -0.2) is 23.2 Å². The van der Waals surface area contributed by atoms with E-state index in [-0.39, 0.29) is 0 Å². The highest BCUT2D eigenvalue weighted by Gasteiger charge is 2.23. The van der Waals surface area contributed by atoms with E-state index in [1.54, 1.807) is 6.08 Å². The fourth-order valence-electron chi connectivity index (χ4n) is 0.635. The van der Waals surface area contributed by atoms with Crippen molar-refractivity contribution in [2.45, 2.75) is 25.3 Å². The molecule has 0 saturated heterocycles. The Bertz CT molecular complexity index is 176. The Morgan fingerprint density at radius 3 is 2.67 bits per heavy atom. The van der Waals surface area contributed by atoms with Crippen molar-refractivity contribution in [3.63, 3.8) is 0 Å². The van der Waals surface area contributed by atoms with Crippen LogP contribution < -0.4 is 11.5 Å². The molecule has 4 heteroatoms. The average molecular weight is 172 g/mol. The van der Waals surface area contributed by atoms with Crippen LogP contribution in [0, 0.1) is 0 Å². The second-order valence-electron chi connectivity index (χ2n) is 2.92. The van der Waals surface area contributed by atoms with Crippen molar-refractivity contribution in [3.05, 3.63) is 12.2 Å². The van der Waals surface area contributed by atoms with E-state index >= 15 is 0 Å². The molecule has 70 valence electrons. The third-order valence-electron chi connectivity index (χ3n) is 1.50. The van der Waals surface area contributed by atoms with Crippen molar-refractivity contribution in [1.82, 2.24) is 0 Å². The number of allylic oxidation sites excluding steroid dienone is 1. The van der Waals surface area contributed by atoms with Crippen molar-refractivity contribution >= 4 is 5.97 Å². The number of rotatable bonds is 5. The monoisotopic (exact) mass is 172 g/mol. The molecule has 0 bridgehead atoms. The van der Waals surface area contributed by atoms with Crippen molar-refractivity contribution in [2.24, 2.45) is 11.5 Å². The molecule has 0 aliphatic heterocycles. The van der Waals surface area contributed by atoms with Gasteiger partial charge in [-0.15, -0.1) is 0 Å². The van der Waals surface area contributed by atoms with E-state index in [1.807, 2.05) is 0 Å². The first-order valence-corrected chi connectivity index (χ1v) is 3.90. The molecule has 4 nitrogen and oxygen atoms in total. The summed E-state index contributed by atoms with van der Waals surface area (Å²) in [4.78, 5) is 10.5. The minimum atomic E-state index is -1.26.